The van der Waals surface area contributed by atoms with E-state index in [2.05, 4.69) is 6.08 Å². The number of benzene rings is 1. The molecule has 1 aromatic carbocycles. The monoisotopic (exact) mass is 293 g/mol. The van der Waals surface area contributed by atoms with Crippen LogP contribution < -0.4 is 9.47 Å². The lowest BCUT2D eigenvalue weighted by molar-refractivity contribution is -0.128. The number of rotatable bonds is 2. The standard InChI is InChI=1S/C15H16ClNO3/c16-10-15(18)17-5-3-11(4-6-17)12-1-2-13-14(9-12)20-8-7-19-13/h1-3,9H,4-8,10H2. The van der Waals surface area contributed by atoms with Crippen molar-refractivity contribution in [3.63, 3.8) is 0 Å². The SMILES string of the molecule is O=C(CCl)N1CC=C(c2ccc3c(c2)OCCO3)CC1. The first-order chi connectivity index (χ1) is 9.78. The van der Waals surface area contributed by atoms with Gasteiger partial charge in [0.05, 0.1) is 0 Å². The molecule has 2 aliphatic heterocycles. The van der Waals surface area contributed by atoms with Crippen molar-refractivity contribution in [3.05, 3.63) is 29.8 Å². The Morgan fingerprint density at radius 1 is 1.25 bits per heavy atom. The molecule has 0 fully saturated rings. The molecule has 3 rings (SSSR count). The van der Waals surface area contributed by atoms with Gasteiger partial charge in [-0.2, -0.15) is 0 Å². The molecule has 0 spiro atoms. The van der Waals surface area contributed by atoms with E-state index in [0.717, 1.165) is 23.5 Å². The van der Waals surface area contributed by atoms with Crippen molar-refractivity contribution in [1.82, 2.24) is 4.90 Å². The molecule has 2 aliphatic rings. The fourth-order valence-electron chi connectivity index (χ4n) is 2.49. The van der Waals surface area contributed by atoms with E-state index in [9.17, 15) is 4.79 Å². The Labute approximate surface area is 122 Å². The zero-order chi connectivity index (χ0) is 13.9. The number of amides is 1. The smallest absolute Gasteiger partial charge is 0.237 e. The second-order valence-corrected chi connectivity index (χ2v) is 5.08. The number of carbonyl (C=O) groups excluding carboxylic acids is 1. The normalized spacial score (nSPS) is 17.6. The van der Waals surface area contributed by atoms with Gasteiger partial charge < -0.3 is 14.4 Å². The predicted octanol–water partition coefficient (Wildman–Crippen LogP) is 2.31. The van der Waals surface area contributed by atoms with Crippen LogP contribution in [0.25, 0.3) is 5.57 Å². The Morgan fingerprint density at radius 2 is 2.05 bits per heavy atom. The fraction of sp³-hybridized carbons (Fsp3) is 0.400. The van der Waals surface area contributed by atoms with Gasteiger partial charge in [-0.15, -0.1) is 11.6 Å². The Kier molecular flexibility index (Phi) is 3.83. The van der Waals surface area contributed by atoms with Gasteiger partial charge in [0.25, 0.3) is 0 Å². The second-order valence-electron chi connectivity index (χ2n) is 4.81. The van der Waals surface area contributed by atoms with Gasteiger partial charge in [-0.05, 0) is 29.7 Å². The molecule has 0 saturated carbocycles. The number of hydrogen-bond donors (Lipinski definition) is 0. The van der Waals surface area contributed by atoms with Crippen molar-refractivity contribution in [2.75, 3.05) is 32.2 Å². The van der Waals surface area contributed by atoms with Gasteiger partial charge in [-0.1, -0.05) is 12.1 Å². The van der Waals surface area contributed by atoms with E-state index in [1.165, 1.54) is 5.57 Å². The van der Waals surface area contributed by atoms with E-state index < -0.39 is 0 Å². The molecule has 0 N–H and O–H groups in total. The number of alkyl halides is 1. The molecule has 0 bridgehead atoms. The van der Waals surface area contributed by atoms with Gasteiger partial charge in [0.2, 0.25) is 5.91 Å². The number of nitrogens with zero attached hydrogens (tertiary/aromatic N) is 1. The summed E-state index contributed by atoms with van der Waals surface area (Å²) in [5.41, 5.74) is 2.37. The zero-order valence-corrected chi connectivity index (χ0v) is 11.9. The molecule has 1 aromatic rings. The molecular weight excluding hydrogens is 278 g/mol. The Hall–Kier alpha value is -1.68. The van der Waals surface area contributed by atoms with E-state index in [1.54, 1.807) is 4.90 Å². The number of halogens is 1. The molecule has 1 amide bonds. The lowest BCUT2D eigenvalue weighted by Crippen LogP contribution is -2.35. The molecule has 0 saturated heterocycles. The molecular formula is C15H16ClNO3. The van der Waals surface area contributed by atoms with Gasteiger partial charge >= 0.3 is 0 Å². The molecule has 0 unspecified atom stereocenters. The van der Waals surface area contributed by atoms with Crippen LogP contribution in [0.5, 0.6) is 11.5 Å². The first kappa shape index (κ1) is 13.3. The van der Waals surface area contributed by atoms with Crippen LogP contribution in [0.1, 0.15) is 12.0 Å². The summed E-state index contributed by atoms with van der Waals surface area (Å²) < 4.78 is 11.1. The topological polar surface area (TPSA) is 38.8 Å². The highest BCUT2D eigenvalue weighted by atomic mass is 35.5. The minimum atomic E-state index is -0.0101. The lowest BCUT2D eigenvalue weighted by Gasteiger charge is -2.26. The van der Waals surface area contributed by atoms with Crippen molar-refractivity contribution in [3.8, 4) is 11.5 Å². The number of hydrogen-bond acceptors (Lipinski definition) is 3. The number of ether oxygens (including phenoxy) is 2. The van der Waals surface area contributed by atoms with Gasteiger partial charge in [0.1, 0.15) is 19.1 Å². The van der Waals surface area contributed by atoms with Crippen molar-refractivity contribution < 1.29 is 14.3 Å². The third kappa shape index (κ3) is 2.61. The van der Waals surface area contributed by atoms with Crippen LogP contribution in [0.15, 0.2) is 24.3 Å². The third-order valence-corrected chi connectivity index (χ3v) is 3.82. The Bertz CT molecular complexity index is 556. The van der Waals surface area contributed by atoms with E-state index in [-0.39, 0.29) is 11.8 Å². The maximum Gasteiger partial charge on any atom is 0.237 e. The quantitative estimate of drug-likeness (QED) is 0.786. The highest BCUT2D eigenvalue weighted by Crippen LogP contribution is 2.34. The summed E-state index contributed by atoms with van der Waals surface area (Å²) in [7, 11) is 0. The van der Waals surface area contributed by atoms with Crippen LogP contribution in [0.2, 0.25) is 0 Å². The van der Waals surface area contributed by atoms with E-state index >= 15 is 0 Å². The van der Waals surface area contributed by atoms with Crippen LogP contribution in [0, 0.1) is 0 Å². The lowest BCUT2D eigenvalue weighted by atomic mass is 9.99. The maximum atomic E-state index is 11.5. The maximum absolute atomic E-state index is 11.5. The number of carbonyl (C=O) groups is 1. The Balaban J connectivity index is 1.77. The van der Waals surface area contributed by atoms with Gasteiger partial charge in [-0.25, -0.2) is 0 Å². The van der Waals surface area contributed by atoms with Crippen LogP contribution in [-0.2, 0) is 4.79 Å². The van der Waals surface area contributed by atoms with Crippen LogP contribution in [0.4, 0.5) is 0 Å². The molecule has 5 heteroatoms. The Morgan fingerprint density at radius 3 is 2.75 bits per heavy atom. The van der Waals surface area contributed by atoms with Gasteiger partial charge in [-0.3, -0.25) is 4.79 Å². The average Bonchev–Trinajstić information content (AvgIpc) is 2.54. The highest BCUT2D eigenvalue weighted by molar-refractivity contribution is 6.27. The second kappa shape index (κ2) is 5.75. The molecule has 0 radical (unpaired) electrons. The summed E-state index contributed by atoms with van der Waals surface area (Å²) in [5, 5.41) is 0. The molecule has 0 aliphatic carbocycles. The van der Waals surface area contributed by atoms with Crippen LogP contribution in [0.3, 0.4) is 0 Å². The molecule has 106 valence electrons. The number of fused-ring (bicyclic) bond motifs is 1. The van der Waals surface area contributed by atoms with E-state index in [1.807, 2.05) is 18.2 Å². The molecule has 20 heavy (non-hydrogen) atoms. The minimum Gasteiger partial charge on any atom is -0.486 e. The van der Waals surface area contributed by atoms with Gasteiger partial charge in [0, 0.05) is 13.1 Å². The first-order valence-electron chi connectivity index (χ1n) is 6.71. The largest absolute Gasteiger partial charge is 0.486 e. The molecule has 4 nitrogen and oxygen atoms in total. The summed E-state index contributed by atoms with van der Waals surface area (Å²) in [6.45, 7) is 2.53. The summed E-state index contributed by atoms with van der Waals surface area (Å²) in [5.74, 6) is 1.64. The summed E-state index contributed by atoms with van der Waals surface area (Å²) in [6.07, 6.45) is 2.92. The summed E-state index contributed by atoms with van der Waals surface area (Å²) >= 11 is 5.58. The molecule has 2 heterocycles. The average molecular weight is 294 g/mol. The van der Waals surface area contributed by atoms with Gasteiger partial charge in [0.15, 0.2) is 11.5 Å². The summed E-state index contributed by atoms with van der Waals surface area (Å²) in [4.78, 5) is 13.3. The van der Waals surface area contributed by atoms with Crippen LogP contribution >= 0.6 is 11.6 Å². The van der Waals surface area contributed by atoms with Crippen LogP contribution in [-0.4, -0.2) is 43.0 Å². The zero-order valence-electron chi connectivity index (χ0n) is 11.1. The first-order valence-corrected chi connectivity index (χ1v) is 7.24. The molecule has 0 atom stereocenters. The third-order valence-electron chi connectivity index (χ3n) is 3.59. The summed E-state index contributed by atoms with van der Waals surface area (Å²) in [6, 6.07) is 6.00. The molecule has 0 aromatic heterocycles. The van der Waals surface area contributed by atoms with Crippen molar-refractivity contribution in [2.45, 2.75) is 6.42 Å². The predicted molar refractivity (Wildman–Crippen MR) is 77.3 cm³/mol. The van der Waals surface area contributed by atoms with Crippen molar-refractivity contribution in [2.24, 2.45) is 0 Å². The van der Waals surface area contributed by atoms with E-state index in [4.69, 9.17) is 21.1 Å². The minimum absolute atomic E-state index is 0.0101. The van der Waals surface area contributed by atoms with E-state index in [0.29, 0.717) is 26.3 Å². The fourth-order valence-corrected chi connectivity index (χ4v) is 2.65. The highest BCUT2D eigenvalue weighted by Gasteiger charge is 2.18. The van der Waals surface area contributed by atoms with Crippen molar-refractivity contribution >= 4 is 23.1 Å². The van der Waals surface area contributed by atoms with Crippen molar-refractivity contribution in [1.29, 1.82) is 0 Å².